The number of pyridine rings is 1. The van der Waals surface area contributed by atoms with Crippen LogP contribution in [0, 0.1) is 34.5 Å². The maximum absolute atomic E-state index is 13.0. The molecule has 7 atom stereocenters. The number of nitrogens with zero attached hydrogens (tertiary/aromatic N) is 2. The van der Waals surface area contributed by atoms with Crippen LogP contribution in [0.4, 0.5) is 5.69 Å². The zero-order valence-corrected chi connectivity index (χ0v) is 21.1. The molecule has 4 aliphatic rings. The molecular formula is C26H33Cl2N3O2. The van der Waals surface area contributed by atoms with Crippen molar-refractivity contribution in [2.24, 2.45) is 34.5 Å². The van der Waals surface area contributed by atoms with Crippen LogP contribution in [-0.4, -0.2) is 34.8 Å². The summed E-state index contributed by atoms with van der Waals surface area (Å²) in [6.07, 6.45) is 14.3. The lowest BCUT2D eigenvalue weighted by Crippen LogP contribution is -2.59. The number of anilines is 1. The molecule has 1 aliphatic heterocycles. The van der Waals surface area contributed by atoms with Crippen LogP contribution in [0.3, 0.4) is 0 Å². The van der Waals surface area contributed by atoms with Gasteiger partial charge in [0.15, 0.2) is 0 Å². The molecule has 7 heteroatoms. The summed E-state index contributed by atoms with van der Waals surface area (Å²) >= 11 is 12.4. The summed E-state index contributed by atoms with van der Waals surface area (Å²) in [5.41, 5.74) is 0.681. The smallest absolute Gasteiger partial charge is 0.246 e. The quantitative estimate of drug-likeness (QED) is 0.568. The summed E-state index contributed by atoms with van der Waals surface area (Å²) < 4.78 is 0. The van der Waals surface area contributed by atoms with Gasteiger partial charge in [0.05, 0.1) is 15.7 Å². The second kappa shape index (κ2) is 8.27. The maximum atomic E-state index is 13.0. The van der Waals surface area contributed by atoms with Gasteiger partial charge in [-0.05, 0) is 73.7 Å². The fourth-order valence-electron chi connectivity index (χ4n) is 8.13. The highest BCUT2D eigenvalue weighted by Crippen LogP contribution is 2.66. The van der Waals surface area contributed by atoms with E-state index in [1.165, 1.54) is 25.2 Å². The molecule has 1 aromatic rings. The van der Waals surface area contributed by atoms with Gasteiger partial charge in [-0.1, -0.05) is 43.1 Å². The lowest BCUT2D eigenvalue weighted by atomic mass is 9.47. The number of amides is 2. The van der Waals surface area contributed by atoms with Crippen molar-refractivity contribution < 1.29 is 9.59 Å². The summed E-state index contributed by atoms with van der Waals surface area (Å²) in [5, 5.41) is 3.66. The second-order valence-corrected chi connectivity index (χ2v) is 12.0. The summed E-state index contributed by atoms with van der Waals surface area (Å²) in [6.45, 7) is 4.80. The van der Waals surface area contributed by atoms with E-state index in [1.54, 1.807) is 6.08 Å². The van der Waals surface area contributed by atoms with Gasteiger partial charge in [0.2, 0.25) is 11.8 Å². The van der Waals surface area contributed by atoms with Crippen molar-refractivity contribution >= 4 is 40.7 Å². The van der Waals surface area contributed by atoms with Gasteiger partial charge in [0.1, 0.15) is 0 Å². The molecule has 178 valence electrons. The number of carbonyl (C=O) groups is 2. The van der Waals surface area contributed by atoms with E-state index in [1.807, 2.05) is 11.9 Å². The molecule has 2 heterocycles. The Hall–Kier alpha value is -1.59. The van der Waals surface area contributed by atoms with E-state index in [0.29, 0.717) is 51.9 Å². The Balaban J connectivity index is 1.32. The molecular weight excluding hydrogens is 457 g/mol. The van der Waals surface area contributed by atoms with Gasteiger partial charge < -0.3 is 10.2 Å². The maximum Gasteiger partial charge on any atom is 0.246 e. The molecule has 0 radical (unpaired) electrons. The van der Waals surface area contributed by atoms with E-state index in [4.69, 9.17) is 23.2 Å². The number of hydrogen-bond acceptors (Lipinski definition) is 3. The third-order valence-electron chi connectivity index (χ3n) is 9.87. The first-order chi connectivity index (χ1) is 15.6. The molecule has 0 bridgehead atoms. The molecule has 0 unspecified atom stereocenters. The minimum atomic E-state index is -0.0231. The van der Waals surface area contributed by atoms with Crippen LogP contribution < -0.4 is 5.32 Å². The van der Waals surface area contributed by atoms with Crippen molar-refractivity contribution in [3.8, 4) is 0 Å². The summed E-state index contributed by atoms with van der Waals surface area (Å²) in [4.78, 5) is 31.2. The van der Waals surface area contributed by atoms with Crippen molar-refractivity contribution in [2.75, 3.05) is 12.4 Å². The average Bonchev–Trinajstić information content (AvgIpc) is 3.10. The number of carbonyl (C=O) groups excluding carboxylic acids is 2. The van der Waals surface area contributed by atoms with E-state index in [2.05, 4.69) is 30.2 Å². The van der Waals surface area contributed by atoms with Crippen molar-refractivity contribution in [3.63, 3.8) is 0 Å². The Morgan fingerprint density at radius 1 is 1.12 bits per heavy atom. The Kier molecular flexibility index (Phi) is 5.80. The van der Waals surface area contributed by atoms with Crippen molar-refractivity contribution in [1.29, 1.82) is 0 Å². The third-order valence-corrected chi connectivity index (χ3v) is 10.4. The number of likely N-dealkylation sites (N-methyl/N-ethyl adjacent to an activating group) is 1. The van der Waals surface area contributed by atoms with Crippen LogP contribution in [0.25, 0.3) is 0 Å². The van der Waals surface area contributed by atoms with Crippen LogP contribution in [-0.2, 0) is 9.59 Å². The van der Waals surface area contributed by atoms with Crippen molar-refractivity contribution in [3.05, 3.63) is 34.6 Å². The van der Waals surface area contributed by atoms with Gasteiger partial charge in [-0.25, -0.2) is 0 Å². The van der Waals surface area contributed by atoms with E-state index < -0.39 is 0 Å². The largest absolute Gasteiger partial charge is 0.338 e. The summed E-state index contributed by atoms with van der Waals surface area (Å²) in [7, 11) is 1.97. The molecule has 0 spiro atoms. The molecule has 33 heavy (non-hydrogen) atoms. The van der Waals surface area contributed by atoms with Gasteiger partial charge in [-0.2, -0.15) is 0 Å². The monoisotopic (exact) mass is 489 g/mol. The number of fused-ring (bicyclic) bond motifs is 5. The standard InChI is InChI=1S/C26H33Cl2N3O2/c1-25-10-8-18-16(5-7-21-26(18,2)11-9-23(33)31(21)3)17(25)6-4-15(25)12-22(32)30-24-19(27)13-29-14-20(24)28/h9,11,13-18,21H,4-8,10,12H2,1-3H3,(H,29,30,32)/t15-,16-,17-,18-,21+,25+,26+/m0/s1. The third kappa shape index (κ3) is 3.61. The lowest BCUT2D eigenvalue weighted by molar-refractivity contribution is -0.139. The molecule has 3 fully saturated rings. The average molecular weight is 490 g/mol. The molecule has 5 nitrogen and oxygen atoms in total. The zero-order chi connectivity index (χ0) is 23.5. The molecule has 0 saturated heterocycles. The first-order valence-electron chi connectivity index (χ1n) is 12.2. The van der Waals surface area contributed by atoms with Crippen LogP contribution in [0.15, 0.2) is 24.5 Å². The van der Waals surface area contributed by atoms with Crippen LogP contribution in [0.1, 0.15) is 58.8 Å². The Morgan fingerprint density at radius 2 is 1.85 bits per heavy atom. The summed E-state index contributed by atoms with van der Waals surface area (Å²) in [6, 6.07) is 0.304. The highest BCUT2D eigenvalue weighted by atomic mass is 35.5. The number of nitrogens with one attached hydrogen (secondary N) is 1. The van der Waals surface area contributed by atoms with Gasteiger partial charge in [-0.3, -0.25) is 14.6 Å². The Morgan fingerprint density at radius 3 is 2.58 bits per heavy atom. The van der Waals surface area contributed by atoms with E-state index in [-0.39, 0.29) is 22.6 Å². The first-order valence-corrected chi connectivity index (χ1v) is 13.0. The van der Waals surface area contributed by atoms with Crippen LogP contribution >= 0.6 is 23.2 Å². The predicted octanol–water partition coefficient (Wildman–Crippen LogP) is 5.97. The fraction of sp³-hybridized carbons (Fsp3) is 0.654. The fourth-order valence-corrected chi connectivity index (χ4v) is 8.59. The van der Waals surface area contributed by atoms with Crippen LogP contribution in [0.5, 0.6) is 0 Å². The molecule has 2 amide bonds. The second-order valence-electron chi connectivity index (χ2n) is 11.2. The van der Waals surface area contributed by atoms with Gasteiger partial charge in [-0.15, -0.1) is 0 Å². The number of rotatable bonds is 3. The Bertz CT molecular complexity index is 993. The normalized spacial score (nSPS) is 39.6. The molecule has 3 saturated carbocycles. The molecule has 5 rings (SSSR count). The van der Waals surface area contributed by atoms with E-state index in [9.17, 15) is 9.59 Å². The molecule has 3 aliphatic carbocycles. The van der Waals surface area contributed by atoms with Crippen molar-refractivity contribution in [1.82, 2.24) is 9.88 Å². The molecule has 0 aromatic carbocycles. The predicted molar refractivity (Wildman–Crippen MR) is 131 cm³/mol. The molecule has 1 N–H and O–H groups in total. The van der Waals surface area contributed by atoms with Gasteiger partial charge in [0, 0.05) is 37.3 Å². The van der Waals surface area contributed by atoms with E-state index >= 15 is 0 Å². The minimum Gasteiger partial charge on any atom is -0.338 e. The van der Waals surface area contributed by atoms with Crippen LogP contribution in [0.2, 0.25) is 10.0 Å². The number of hydrogen-bond donors (Lipinski definition) is 1. The first kappa shape index (κ1) is 23.2. The zero-order valence-electron chi connectivity index (χ0n) is 19.6. The van der Waals surface area contributed by atoms with Crippen molar-refractivity contribution in [2.45, 2.75) is 64.8 Å². The lowest BCUT2D eigenvalue weighted by Gasteiger charge is -2.60. The van der Waals surface area contributed by atoms with E-state index in [0.717, 1.165) is 25.7 Å². The molecule has 1 aromatic heterocycles. The van der Waals surface area contributed by atoms with Gasteiger partial charge >= 0.3 is 0 Å². The topological polar surface area (TPSA) is 62.3 Å². The number of aromatic nitrogens is 1. The highest BCUT2D eigenvalue weighted by Gasteiger charge is 2.60. The van der Waals surface area contributed by atoms with Gasteiger partial charge in [0.25, 0.3) is 0 Å². The minimum absolute atomic E-state index is 0.0231. The summed E-state index contributed by atoms with van der Waals surface area (Å²) in [5.74, 6) is 2.37. The Labute approximate surface area is 206 Å². The SMILES string of the molecule is CN1C(=O)C=C[C@]2(C)[C@H]3CC[C@]4(C)[C@H](CC(=O)Nc5c(Cl)cncc5Cl)CC[C@H]4[C@@H]3CC[C@@H]12. The number of halogens is 2. The highest BCUT2D eigenvalue weighted by molar-refractivity contribution is 6.39.